The fourth-order valence-electron chi connectivity index (χ4n) is 1.29. The maximum Gasteiger partial charge on any atom is 0.0845 e. The highest BCUT2D eigenvalue weighted by molar-refractivity contribution is 5.85. The molecule has 11 heavy (non-hydrogen) atoms. The molecule has 1 heterocycles. The number of rotatable bonds is 2. The van der Waals surface area contributed by atoms with Crippen molar-refractivity contribution in [3.05, 3.63) is 0 Å². The summed E-state index contributed by atoms with van der Waals surface area (Å²) in [5.74, 6) is 0.499. The van der Waals surface area contributed by atoms with Crippen molar-refractivity contribution in [1.82, 2.24) is 0 Å². The van der Waals surface area contributed by atoms with E-state index in [4.69, 9.17) is 15.2 Å². The molecular formula is C7H16ClNO2. The van der Waals surface area contributed by atoms with Crippen LogP contribution in [0.25, 0.3) is 0 Å². The van der Waals surface area contributed by atoms with Crippen LogP contribution in [0.3, 0.4) is 0 Å². The van der Waals surface area contributed by atoms with Gasteiger partial charge in [-0.3, -0.25) is 0 Å². The first-order valence-corrected chi connectivity index (χ1v) is 3.69. The predicted octanol–water partition coefficient (Wildman–Crippen LogP) is 0.418. The maximum absolute atomic E-state index is 5.53. The van der Waals surface area contributed by atoms with Crippen molar-refractivity contribution in [2.75, 3.05) is 26.9 Å². The van der Waals surface area contributed by atoms with E-state index in [0.29, 0.717) is 19.1 Å². The van der Waals surface area contributed by atoms with E-state index in [1.54, 1.807) is 7.11 Å². The normalized spacial score (nSPS) is 31.1. The minimum atomic E-state index is 0. The Hall–Kier alpha value is 0.170. The molecule has 0 spiro atoms. The summed E-state index contributed by atoms with van der Waals surface area (Å²) < 4.78 is 10.4. The van der Waals surface area contributed by atoms with E-state index in [-0.39, 0.29) is 18.5 Å². The lowest BCUT2D eigenvalue weighted by molar-refractivity contribution is -0.0625. The molecule has 2 unspecified atom stereocenters. The molecule has 3 nitrogen and oxygen atoms in total. The van der Waals surface area contributed by atoms with Gasteiger partial charge in [0, 0.05) is 19.6 Å². The van der Waals surface area contributed by atoms with Gasteiger partial charge < -0.3 is 15.2 Å². The second kappa shape index (κ2) is 5.77. The quantitative estimate of drug-likeness (QED) is 0.672. The lowest BCUT2D eigenvalue weighted by Crippen LogP contribution is -2.38. The van der Waals surface area contributed by atoms with Gasteiger partial charge in [0.25, 0.3) is 0 Å². The van der Waals surface area contributed by atoms with Gasteiger partial charge in [-0.1, -0.05) is 0 Å². The monoisotopic (exact) mass is 181 g/mol. The third-order valence-electron chi connectivity index (χ3n) is 2.05. The number of methoxy groups -OCH3 is 1. The molecule has 2 atom stereocenters. The predicted molar refractivity (Wildman–Crippen MR) is 46.0 cm³/mol. The Balaban J connectivity index is 0.000001000. The lowest BCUT2D eigenvalue weighted by Gasteiger charge is -2.29. The van der Waals surface area contributed by atoms with Gasteiger partial charge in [0.15, 0.2) is 0 Å². The molecule has 0 radical (unpaired) electrons. The van der Waals surface area contributed by atoms with E-state index >= 15 is 0 Å². The first kappa shape index (κ1) is 11.2. The van der Waals surface area contributed by atoms with E-state index < -0.39 is 0 Å². The highest BCUT2D eigenvalue weighted by atomic mass is 35.5. The van der Waals surface area contributed by atoms with Crippen LogP contribution in [0.15, 0.2) is 0 Å². The molecule has 68 valence electrons. The second-order valence-electron chi connectivity index (χ2n) is 2.63. The van der Waals surface area contributed by atoms with Crippen molar-refractivity contribution in [3.8, 4) is 0 Å². The van der Waals surface area contributed by atoms with Crippen molar-refractivity contribution >= 4 is 12.4 Å². The molecule has 4 heteroatoms. The molecule has 1 rings (SSSR count). The molecule has 0 aromatic carbocycles. The summed E-state index contributed by atoms with van der Waals surface area (Å²) in [6, 6.07) is 0. The summed E-state index contributed by atoms with van der Waals surface area (Å²) in [4.78, 5) is 0. The second-order valence-corrected chi connectivity index (χ2v) is 2.63. The Morgan fingerprint density at radius 3 is 2.82 bits per heavy atom. The lowest BCUT2D eigenvalue weighted by atomic mass is 9.98. The van der Waals surface area contributed by atoms with Crippen LogP contribution in [0.1, 0.15) is 6.42 Å². The summed E-state index contributed by atoms with van der Waals surface area (Å²) in [6.45, 7) is 2.25. The fraction of sp³-hybridized carbons (Fsp3) is 1.00. The number of halogens is 1. The van der Waals surface area contributed by atoms with Crippen LogP contribution >= 0.6 is 12.4 Å². The van der Waals surface area contributed by atoms with Crippen LogP contribution in [0.5, 0.6) is 0 Å². The number of ether oxygens (including phenoxy) is 2. The molecule has 1 fully saturated rings. The smallest absolute Gasteiger partial charge is 0.0845 e. The van der Waals surface area contributed by atoms with Gasteiger partial charge in [-0.05, 0) is 13.0 Å². The van der Waals surface area contributed by atoms with Crippen molar-refractivity contribution in [2.24, 2.45) is 11.7 Å². The molecular weight excluding hydrogens is 166 g/mol. The summed E-state index contributed by atoms with van der Waals surface area (Å²) in [5.41, 5.74) is 5.53. The fourth-order valence-corrected chi connectivity index (χ4v) is 1.29. The minimum Gasteiger partial charge on any atom is -0.379 e. The van der Waals surface area contributed by atoms with Crippen LogP contribution in [-0.2, 0) is 9.47 Å². The highest BCUT2D eigenvalue weighted by Crippen LogP contribution is 2.15. The summed E-state index contributed by atoms with van der Waals surface area (Å²) in [5, 5.41) is 0. The maximum atomic E-state index is 5.53. The Morgan fingerprint density at radius 1 is 1.64 bits per heavy atom. The Morgan fingerprint density at radius 2 is 2.36 bits per heavy atom. The molecule has 0 bridgehead atoms. The first-order valence-electron chi connectivity index (χ1n) is 3.69. The van der Waals surface area contributed by atoms with Crippen molar-refractivity contribution in [3.63, 3.8) is 0 Å². The van der Waals surface area contributed by atoms with Gasteiger partial charge in [-0.15, -0.1) is 12.4 Å². The van der Waals surface area contributed by atoms with E-state index in [1.165, 1.54) is 0 Å². The van der Waals surface area contributed by atoms with Gasteiger partial charge in [-0.2, -0.15) is 0 Å². The van der Waals surface area contributed by atoms with Crippen molar-refractivity contribution in [2.45, 2.75) is 12.5 Å². The van der Waals surface area contributed by atoms with Crippen molar-refractivity contribution in [1.29, 1.82) is 0 Å². The van der Waals surface area contributed by atoms with E-state index in [1.807, 2.05) is 0 Å². The summed E-state index contributed by atoms with van der Waals surface area (Å²) >= 11 is 0. The third kappa shape index (κ3) is 2.95. The molecule has 0 aromatic heterocycles. The molecule has 0 saturated carbocycles. The van der Waals surface area contributed by atoms with Crippen LogP contribution < -0.4 is 5.73 Å². The van der Waals surface area contributed by atoms with E-state index in [2.05, 4.69) is 0 Å². The average molecular weight is 182 g/mol. The largest absolute Gasteiger partial charge is 0.379 e. The number of nitrogens with two attached hydrogens (primary N) is 1. The standard InChI is InChI=1S/C7H15NO2.ClH/c1-9-7-5-10-3-2-6(7)4-8;/h6-7H,2-5,8H2,1H3;1H. The Bertz CT molecular complexity index is 90.4. The molecule has 0 amide bonds. The Labute approximate surface area is 73.6 Å². The van der Waals surface area contributed by atoms with Gasteiger partial charge in [-0.25, -0.2) is 0 Å². The van der Waals surface area contributed by atoms with E-state index in [9.17, 15) is 0 Å². The van der Waals surface area contributed by atoms with Gasteiger partial charge in [0.05, 0.1) is 12.7 Å². The average Bonchev–Trinajstić information content (AvgIpc) is 2.04. The highest BCUT2D eigenvalue weighted by Gasteiger charge is 2.23. The van der Waals surface area contributed by atoms with Gasteiger partial charge in [0.2, 0.25) is 0 Å². The zero-order valence-corrected chi connectivity index (χ0v) is 7.60. The zero-order chi connectivity index (χ0) is 7.40. The van der Waals surface area contributed by atoms with Crippen LogP contribution in [0.4, 0.5) is 0 Å². The van der Waals surface area contributed by atoms with Crippen molar-refractivity contribution < 1.29 is 9.47 Å². The first-order chi connectivity index (χ1) is 4.88. The van der Waals surface area contributed by atoms with Gasteiger partial charge in [0.1, 0.15) is 0 Å². The third-order valence-corrected chi connectivity index (χ3v) is 2.05. The molecule has 2 N–H and O–H groups in total. The number of hydrogen-bond acceptors (Lipinski definition) is 3. The topological polar surface area (TPSA) is 44.5 Å². The molecule has 0 aliphatic carbocycles. The zero-order valence-electron chi connectivity index (χ0n) is 6.79. The van der Waals surface area contributed by atoms with Crippen LogP contribution in [-0.4, -0.2) is 33.0 Å². The summed E-state index contributed by atoms with van der Waals surface area (Å²) in [7, 11) is 1.71. The SMILES string of the molecule is COC1COCCC1CN.Cl. The van der Waals surface area contributed by atoms with E-state index in [0.717, 1.165) is 13.0 Å². The van der Waals surface area contributed by atoms with Crippen LogP contribution in [0.2, 0.25) is 0 Å². The van der Waals surface area contributed by atoms with Gasteiger partial charge >= 0.3 is 0 Å². The molecule has 1 saturated heterocycles. The minimum absolute atomic E-state index is 0. The van der Waals surface area contributed by atoms with Crippen LogP contribution in [0, 0.1) is 5.92 Å². The summed E-state index contributed by atoms with van der Waals surface area (Å²) in [6.07, 6.45) is 1.26. The Kier molecular flexibility index (Phi) is 5.86. The molecule has 1 aliphatic heterocycles. The number of hydrogen-bond donors (Lipinski definition) is 1. The molecule has 0 aromatic rings. The molecule has 1 aliphatic rings.